The molecule has 1 saturated carbocycles. The van der Waals surface area contributed by atoms with E-state index >= 15 is 0 Å². The number of benzene rings is 1. The van der Waals surface area contributed by atoms with Crippen molar-refractivity contribution in [1.82, 2.24) is 9.55 Å². The number of rotatable bonds is 4. The highest BCUT2D eigenvalue weighted by atomic mass is 16.3. The van der Waals surface area contributed by atoms with Gasteiger partial charge in [-0.1, -0.05) is 19.1 Å². The lowest BCUT2D eigenvalue weighted by atomic mass is 9.80. The van der Waals surface area contributed by atoms with Gasteiger partial charge in [0.05, 0.1) is 17.6 Å². The highest BCUT2D eigenvalue weighted by Crippen LogP contribution is 2.36. The number of hydrogen-bond donors (Lipinski definition) is 2. The second-order valence-electron chi connectivity index (χ2n) is 6.41. The summed E-state index contributed by atoms with van der Waals surface area (Å²) in [5, 5.41) is 9.60. The Balaban J connectivity index is 2.03. The number of fused-ring (bicyclic) bond motifs is 1. The fourth-order valence-corrected chi connectivity index (χ4v) is 3.63. The standard InChI is InChI=1S/C17H25N3O/c1-2-6-16-19-14-8-3-4-9-15(14)20(16)13-7-5-10-17(18,11-13)12-21/h3-4,8-9,13,21H,2,5-7,10-12,18H2,1H3. The summed E-state index contributed by atoms with van der Waals surface area (Å²) >= 11 is 0. The van der Waals surface area contributed by atoms with Crippen molar-refractivity contribution in [2.75, 3.05) is 6.61 Å². The summed E-state index contributed by atoms with van der Waals surface area (Å²) in [6, 6.07) is 8.69. The van der Waals surface area contributed by atoms with E-state index in [0.29, 0.717) is 6.04 Å². The van der Waals surface area contributed by atoms with E-state index in [4.69, 9.17) is 10.7 Å². The molecule has 2 unspecified atom stereocenters. The molecular weight excluding hydrogens is 262 g/mol. The van der Waals surface area contributed by atoms with Crippen molar-refractivity contribution >= 4 is 11.0 Å². The third-order valence-electron chi connectivity index (χ3n) is 4.68. The summed E-state index contributed by atoms with van der Waals surface area (Å²) < 4.78 is 2.38. The molecule has 21 heavy (non-hydrogen) atoms. The molecule has 1 aromatic carbocycles. The van der Waals surface area contributed by atoms with Crippen LogP contribution in [-0.4, -0.2) is 26.8 Å². The molecule has 2 atom stereocenters. The largest absolute Gasteiger partial charge is 0.394 e. The monoisotopic (exact) mass is 287 g/mol. The van der Waals surface area contributed by atoms with Crippen molar-refractivity contribution in [2.45, 2.75) is 57.0 Å². The summed E-state index contributed by atoms with van der Waals surface area (Å²) in [5.41, 5.74) is 8.18. The fourth-order valence-electron chi connectivity index (χ4n) is 3.63. The Labute approximate surface area is 126 Å². The molecule has 114 valence electrons. The number of nitrogens with two attached hydrogens (primary N) is 1. The first-order valence-electron chi connectivity index (χ1n) is 8.02. The number of nitrogens with zero attached hydrogens (tertiary/aromatic N) is 2. The SMILES string of the molecule is CCCc1nc2ccccc2n1C1CCCC(N)(CO)C1. The number of aliphatic hydroxyl groups excluding tert-OH is 1. The molecule has 1 aromatic heterocycles. The molecule has 0 saturated heterocycles. The van der Waals surface area contributed by atoms with E-state index in [1.165, 1.54) is 5.52 Å². The molecule has 0 aliphatic heterocycles. The van der Waals surface area contributed by atoms with Crippen LogP contribution in [0.25, 0.3) is 11.0 Å². The maximum Gasteiger partial charge on any atom is 0.110 e. The van der Waals surface area contributed by atoms with E-state index in [9.17, 15) is 5.11 Å². The van der Waals surface area contributed by atoms with Crippen molar-refractivity contribution in [3.8, 4) is 0 Å². The van der Waals surface area contributed by atoms with Gasteiger partial charge in [-0.25, -0.2) is 4.98 Å². The first-order chi connectivity index (χ1) is 10.2. The zero-order valence-corrected chi connectivity index (χ0v) is 12.8. The molecule has 0 amide bonds. The van der Waals surface area contributed by atoms with Crippen LogP contribution in [0.3, 0.4) is 0 Å². The van der Waals surface area contributed by atoms with Gasteiger partial charge in [0.1, 0.15) is 5.82 Å². The van der Waals surface area contributed by atoms with E-state index in [1.807, 2.05) is 6.07 Å². The van der Waals surface area contributed by atoms with Crippen LogP contribution in [0.1, 0.15) is 50.9 Å². The quantitative estimate of drug-likeness (QED) is 0.909. The molecule has 3 N–H and O–H groups in total. The molecule has 0 radical (unpaired) electrons. The Bertz CT molecular complexity index is 622. The van der Waals surface area contributed by atoms with Gasteiger partial charge in [-0.3, -0.25) is 0 Å². The molecule has 1 aliphatic carbocycles. The van der Waals surface area contributed by atoms with Gasteiger partial charge in [-0.15, -0.1) is 0 Å². The third-order valence-corrected chi connectivity index (χ3v) is 4.68. The van der Waals surface area contributed by atoms with E-state index in [1.54, 1.807) is 0 Å². The second-order valence-corrected chi connectivity index (χ2v) is 6.41. The van der Waals surface area contributed by atoms with Gasteiger partial charge < -0.3 is 15.4 Å². The predicted octanol–water partition coefficient (Wildman–Crippen LogP) is 2.79. The van der Waals surface area contributed by atoms with Crippen LogP contribution in [0.15, 0.2) is 24.3 Å². The number of aryl methyl sites for hydroxylation is 1. The zero-order chi connectivity index (χ0) is 14.9. The topological polar surface area (TPSA) is 64.1 Å². The molecule has 1 heterocycles. The minimum Gasteiger partial charge on any atom is -0.394 e. The summed E-state index contributed by atoms with van der Waals surface area (Å²) in [6.45, 7) is 2.25. The minimum absolute atomic E-state index is 0.0687. The lowest BCUT2D eigenvalue weighted by molar-refractivity contribution is 0.131. The molecule has 1 fully saturated rings. The lowest BCUT2D eigenvalue weighted by Crippen LogP contribution is -2.48. The normalized spacial score (nSPS) is 26.3. The maximum atomic E-state index is 9.60. The van der Waals surface area contributed by atoms with Gasteiger partial charge in [0.15, 0.2) is 0 Å². The van der Waals surface area contributed by atoms with E-state index in [0.717, 1.165) is 49.9 Å². The average Bonchev–Trinajstić information content (AvgIpc) is 2.86. The summed E-state index contributed by atoms with van der Waals surface area (Å²) in [5.74, 6) is 1.16. The zero-order valence-electron chi connectivity index (χ0n) is 12.8. The van der Waals surface area contributed by atoms with Gasteiger partial charge in [-0.2, -0.15) is 0 Å². The first kappa shape index (κ1) is 14.5. The molecule has 4 nitrogen and oxygen atoms in total. The molecule has 1 aliphatic rings. The molecule has 2 aromatic rings. The molecular formula is C17H25N3O. The van der Waals surface area contributed by atoms with Crippen LogP contribution in [0.2, 0.25) is 0 Å². The van der Waals surface area contributed by atoms with Crippen LogP contribution in [-0.2, 0) is 6.42 Å². The first-order valence-corrected chi connectivity index (χ1v) is 8.02. The highest BCUT2D eigenvalue weighted by Gasteiger charge is 2.34. The lowest BCUT2D eigenvalue weighted by Gasteiger charge is -2.38. The van der Waals surface area contributed by atoms with Crippen LogP contribution in [0.4, 0.5) is 0 Å². The summed E-state index contributed by atoms with van der Waals surface area (Å²) in [6.07, 6.45) is 6.01. The van der Waals surface area contributed by atoms with E-state index in [2.05, 4.69) is 29.7 Å². The number of para-hydroxylation sites is 2. The Hall–Kier alpha value is -1.39. The number of hydrogen-bond acceptors (Lipinski definition) is 3. The number of aliphatic hydroxyl groups is 1. The molecule has 0 bridgehead atoms. The Morgan fingerprint density at radius 3 is 3.00 bits per heavy atom. The van der Waals surface area contributed by atoms with Gasteiger partial charge in [0, 0.05) is 18.0 Å². The van der Waals surface area contributed by atoms with Gasteiger partial charge in [0.25, 0.3) is 0 Å². The van der Waals surface area contributed by atoms with Gasteiger partial charge >= 0.3 is 0 Å². The molecule has 3 rings (SSSR count). The van der Waals surface area contributed by atoms with Crippen molar-refractivity contribution in [2.24, 2.45) is 5.73 Å². The van der Waals surface area contributed by atoms with E-state index in [-0.39, 0.29) is 6.61 Å². The fraction of sp³-hybridized carbons (Fsp3) is 0.588. The minimum atomic E-state index is -0.433. The molecule has 4 heteroatoms. The third kappa shape index (κ3) is 2.70. The van der Waals surface area contributed by atoms with Crippen LogP contribution >= 0.6 is 0 Å². The smallest absolute Gasteiger partial charge is 0.110 e. The molecule has 0 spiro atoms. The number of aromatic nitrogens is 2. The Morgan fingerprint density at radius 2 is 2.24 bits per heavy atom. The highest BCUT2D eigenvalue weighted by molar-refractivity contribution is 5.76. The summed E-state index contributed by atoms with van der Waals surface area (Å²) in [7, 11) is 0. The van der Waals surface area contributed by atoms with Gasteiger partial charge in [-0.05, 0) is 44.2 Å². The van der Waals surface area contributed by atoms with Crippen molar-refractivity contribution in [3.05, 3.63) is 30.1 Å². The van der Waals surface area contributed by atoms with Crippen LogP contribution in [0, 0.1) is 0 Å². The van der Waals surface area contributed by atoms with Crippen LogP contribution in [0.5, 0.6) is 0 Å². The average molecular weight is 287 g/mol. The summed E-state index contributed by atoms with van der Waals surface area (Å²) in [4.78, 5) is 4.81. The maximum absolute atomic E-state index is 9.60. The van der Waals surface area contributed by atoms with Crippen LogP contribution < -0.4 is 5.73 Å². The predicted molar refractivity (Wildman–Crippen MR) is 85.2 cm³/mol. The van der Waals surface area contributed by atoms with E-state index < -0.39 is 5.54 Å². The second kappa shape index (κ2) is 5.78. The van der Waals surface area contributed by atoms with Gasteiger partial charge in [0.2, 0.25) is 0 Å². The van der Waals surface area contributed by atoms with Crippen molar-refractivity contribution in [1.29, 1.82) is 0 Å². The number of imidazole rings is 1. The Kier molecular flexibility index (Phi) is 4.00. The van der Waals surface area contributed by atoms with Crippen molar-refractivity contribution < 1.29 is 5.11 Å². The van der Waals surface area contributed by atoms with Crippen molar-refractivity contribution in [3.63, 3.8) is 0 Å². The Morgan fingerprint density at radius 1 is 1.43 bits per heavy atom.